The van der Waals surface area contributed by atoms with Crippen LogP contribution in [0.1, 0.15) is 58.6 Å². The van der Waals surface area contributed by atoms with Gasteiger partial charge in [0.05, 0.1) is 6.04 Å². The second kappa shape index (κ2) is 8.10. The van der Waals surface area contributed by atoms with Gasteiger partial charge < -0.3 is 11.1 Å². The molecule has 28 heavy (non-hydrogen) atoms. The van der Waals surface area contributed by atoms with Crippen molar-refractivity contribution in [2.24, 2.45) is 11.7 Å². The molecule has 0 fully saturated rings. The zero-order valence-corrected chi connectivity index (χ0v) is 17.3. The van der Waals surface area contributed by atoms with Gasteiger partial charge in [0.25, 0.3) is 5.91 Å². The number of thiophene rings is 1. The summed E-state index contributed by atoms with van der Waals surface area (Å²) in [5, 5.41) is 5.18. The lowest BCUT2D eigenvalue weighted by Gasteiger charge is -2.21. The number of hydrogen-bond donors (Lipinski definition) is 2. The van der Waals surface area contributed by atoms with Crippen LogP contribution in [0.25, 0.3) is 5.65 Å². The van der Waals surface area contributed by atoms with E-state index in [1.54, 1.807) is 22.1 Å². The quantitative estimate of drug-likeness (QED) is 0.637. The molecular formula is C20H25N5O2S. The minimum atomic E-state index is -0.603. The Labute approximate surface area is 168 Å². The van der Waals surface area contributed by atoms with Crippen LogP contribution in [-0.4, -0.2) is 26.2 Å². The lowest BCUT2D eigenvalue weighted by molar-refractivity contribution is -0.122. The number of rotatable bonds is 7. The van der Waals surface area contributed by atoms with E-state index >= 15 is 0 Å². The van der Waals surface area contributed by atoms with Crippen LogP contribution in [0.4, 0.5) is 0 Å². The summed E-state index contributed by atoms with van der Waals surface area (Å²) in [6.45, 7) is 8.02. The van der Waals surface area contributed by atoms with Crippen LogP contribution < -0.4 is 11.1 Å². The summed E-state index contributed by atoms with van der Waals surface area (Å²) in [6.07, 6.45) is 2.47. The molecule has 3 heterocycles. The molecule has 2 amide bonds. The molecule has 3 N–H and O–H groups in total. The highest BCUT2D eigenvalue weighted by Crippen LogP contribution is 2.26. The summed E-state index contributed by atoms with van der Waals surface area (Å²) < 4.78 is 1.75. The van der Waals surface area contributed by atoms with Crippen molar-refractivity contribution in [3.63, 3.8) is 0 Å². The number of imidazole rings is 1. The summed E-state index contributed by atoms with van der Waals surface area (Å²) in [7, 11) is 0. The Balaban J connectivity index is 1.76. The van der Waals surface area contributed by atoms with Crippen LogP contribution in [0.15, 0.2) is 23.8 Å². The van der Waals surface area contributed by atoms with E-state index in [1.165, 1.54) is 0 Å². The van der Waals surface area contributed by atoms with Crippen molar-refractivity contribution < 1.29 is 9.59 Å². The number of fused-ring (bicyclic) bond motifs is 1. The van der Waals surface area contributed by atoms with Gasteiger partial charge in [0.1, 0.15) is 6.33 Å². The molecule has 3 rings (SSSR count). The Bertz CT molecular complexity index is 1010. The van der Waals surface area contributed by atoms with Gasteiger partial charge in [-0.25, -0.2) is 9.97 Å². The number of amides is 2. The third-order valence-corrected chi connectivity index (χ3v) is 5.87. The number of aryl methyl sites for hydroxylation is 2. The van der Waals surface area contributed by atoms with Crippen molar-refractivity contribution in [1.82, 2.24) is 19.7 Å². The van der Waals surface area contributed by atoms with Crippen molar-refractivity contribution in [2.45, 2.75) is 46.6 Å². The highest BCUT2D eigenvalue weighted by atomic mass is 32.1. The van der Waals surface area contributed by atoms with Gasteiger partial charge in [0.15, 0.2) is 11.3 Å². The molecule has 148 valence electrons. The smallest absolute Gasteiger partial charge is 0.271 e. The number of nitrogens with zero attached hydrogens (tertiary/aromatic N) is 3. The molecule has 0 aromatic carbocycles. The van der Waals surface area contributed by atoms with E-state index in [4.69, 9.17) is 5.73 Å². The van der Waals surface area contributed by atoms with Crippen molar-refractivity contribution in [1.29, 1.82) is 0 Å². The maximum absolute atomic E-state index is 12.6. The van der Waals surface area contributed by atoms with Gasteiger partial charge >= 0.3 is 0 Å². The number of aromatic nitrogens is 3. The first-order valence-electron chi connectivity index (χ1n) is 9.25. The fourth-order valence-electron chi connectivity index (χ4n) is 3.38. The van der Waals surface area contributed by atoms with Gasteiger partial charge in [-0.15, -0.1) is 11.3 Å². The molecule has 8 heteroatoms. The second-order valence-corrected chi connectivity index (χ2v) is 8.20. The van der Waals surface area contributed by atoms with Crippen LogP contribution in [-0.2, 0) is 11.2 Å². The molecule has 0 aliphatic heterocycles. The molecule has 3 aromatic rings. The molecule has 1 atom stereocenters. The molecule has 7 nitrogen and oxygen atoms in total. The standard InChI is InChI=1S/C20H25N5O2S/c1-11(2)17(15-6-5-9-28-15)24-16(26)8-7-14-12(3)23-20-18(19(21)27)22-10-25(20)13(14)4/h5-6,9-11,17H,7-8H2,1-4H3,(H2,21,27)(H,24,26)/t17-/m1/s1. The Kier molecular flexibility index (Phi) is 5.79. The summed E-state index contributed by atoms with van der Waals surface area (Å²) >= 11 is 1.65. The van der Waals surface area contributed by atoms with Crippen molar-refractivity contribution in [3.8, 4) is 0 Å². The normalized spacial score (nSPS) is 12.5. The topological polar surface area (TPSA) is 102 Å². The minimum Gasteiger partial charge on any atom is -0.364 e. The van der Waals surface area contributed by atoms with Gasteiger partial charge in [-0.3, -0.25) is 14.0 Å². The van der Waals surface area contributed by atoms with Crippen LogP contribution in [0.3, 0.4) is 0 Å². The number of nitrogens with one attached hydrogen (secondary N) is 1. The molecule has 0 unspecified atom stereocenters. The second-order valence-electron chi connectivity index (χ2n) is 7.22. The number of carbonyl (C=O) groups is 2. The zero-order valence-electron chi connectivity index (χ0n) is 16.5. The first-order valence-corrected chi connectivity index (χ1v) is 10.1. The zero-order chi connectivity index (χ0) is 20.4. The van der Waals surface area contributed by atoms with Gasteiger partial charge in [0, 0.05) is 22.7 Å². The first kappa shape index (κ1) is 20.0. The summed E-state index contributed by atoms with van der Waals surface area (Å²) in [5.41, 5.74) is 8.64. The predicted octanol–water partition coefficient (Wildman–Crippen LogP) is 2.95. The minimum absolute atomic E-state index is 0.00875. The largest absolute Gasteiger partial charge is 0.364 e. The number of hydrogen-bond acceptors (Lipinski definition) is 5. The van der Waals surface area contributed by atoms with Crippen LogP contribution in [0, 0.1) is 19.8 Å². The van der Waals surface area contributed by atoms with Gasteiger partial charge in [0.2, 0.25) is 5.91 Å². The molecule has 0 aliphatic rings. The molecule has 0 saturated carbocycles. The van der Waals surface area contributed by atoms with Crippen molar-refractivity contribution in [2.75, 3.05) is 0 Å². The van der Waals surface area contributed by atoms with Crippen molar-refractivity contribution >= 4 is 28.8 Å². The average Bonchev–Trinajstić information content (AvgIpc) is 3.28. The Hall–Kier alpha value is -2.74. The van der Waals surface area contributed by atoms with E-state index in [2.05, 4.69) is 35.2 Å². The van der Waals surface area contributed by atoms with Crippen LogP contribution >= 0.6 is 11.3 Å². The molecule has 0 bridgehead atoms. The predicted molar refractivity (Wildman–Crippen MR) is 109 cm³/mol. The Morgan fingerprint density at radius 3 is 2.68 bits per heavy atom. The fraction of sp³-hybridized carbons (Fsp3) is 0.400. The molecule has 0 radical (unpaired) electrons. The summed E-state index contributed by atoms with van der Waals surface area (Å²) in [4.78, 5) is 33.8. The number of primary amides is 1. The van der Waals surface area contributed by atoms with Gasteiger partial charge in [-0.1, -0.05) is 19.9 Å². The molecule has 0 saturated heterocycles. The fourth-order valence-corrected chi connectivity index (χ4v) is 4.33. The van der Waals surface area contributed by atoms with Crippen LogP contribution in [0.2, 0.25) is 0 Å². The average molecular weight is 400 g/mol. The van der Waals surface area contributed by atoms with E-state index in [1.807, 2.05) is 25.3 Å². The van der Waals surface area contributed by atoms with Crippen molar-refractivity contribution in [3.05, 3.63) is 51.4 Å². The van der Waals surface area contributed by atoms with E-state index < -0.39 is 5.91 Å². The van der Waals surface area contributed by atoms with E-state index in [0.29, 0.717) is 24.4 Å². The van der Waals surface area contributed by atoms with E-state index in [-0.39, 0.29) is 17.6 Å². The van der Waals surface area contributed by atoms with Crippen LogP contribution in [0.5, 0.6) is 0 Å². The number of carbonyl (C=O) groups excluding carboxylic acids is 2. The third kappa shape index (κ3) is 3.91. The van der Waals surface area contributed by atoms with E-state index in [9.17, 15) is 9.59 Å². The third-order valence-electron chi connectivity index (χ3n) is 4.92. The monoisotopic (exact) mass is 399 g/mol. The van der Waals surface area contributed by atoms with E-state index in [0.717, 1.165) is 21.8 Å². The van der Waals surface area contributed by atoms with Gasteiger partial charge in [-0.2, -0.15) is 0 Å². The maximum Gasteiger partial charge on any atom is 0.271 e. The highest BCUT2D eigenvalue weighted by Gasteiger charge is 2.20. The molecule has 0 spiro atoms. The SMILES string of the molecule is Cc1nc2c(C(N)=O)ncn2c(C)c1CCC(=O)N[C@@H](c1cccs1)C(C)C. The lowest BCUT2D eigenvalue weighted by Crippen LogP contribution is -2.31. The Morgan fingerprint density at radius 1 is 1.32 bits per heavy atom. The number of nitrogens with two attached hydrogens (primary N) is 1. The maximum atomic E-state index is 12.6. The van der Waals surface area contributed by atoms with Gasteiger partial charge in [-0.05, 0) is 43.2 Å². The molecule has 0 aliphatic carbocycles. The highest BCUT2D eigenvalue weighted by molar-refractivity contribution is 7.10. The summed E-state index contributed by atoms with van der Waals surface area (Å²) in [6, 6.07) is 4.07. The summed E-state index contributed by atoms with van der Waals surface area (Å²) in [5.74, 6) is -0.286. The molecule has 3 aromatic heterocycles. The molecular weight excluding hydrogens is 374 g/mol. The Morgan fingerprint density at radius 2 is 2.07 bits per heavy atom. The lowest BCUT2D eigenvalue weighted by atomic mass is 10.0. The first-order chi connectivity index (χ1) is 13.3.